The van der Waals surface area contributed by atoms with Gasteiger partial charge < -0.3 is 9.84 Å². The van der Waals surface area contributed by atoms with Crippen molar-refractivity contribution >= 4 is 0 Å². The maximum Gasteiger partial charge on any atom is 0.0900 e. The van der Waals surface area contributed by atoms with Crippen molar-refractivity contribution in [3.63, 3.8) is 0 Å². The van der Waals surface area contributed by atoms with Crippen molar-refractivity contribution in [2.75, 3.05) is 27.3 Å². The third kappa shape index (κ3) is 3.92. The number of nitrogens with zero attached hydrogens (tertiary/aromatic N) is 3. The van der Waals surface area contributed by atoms with Crippen molar-refractivity contribution in [3.8, 4) is 0 Å². The second-order valence-corrected chi connectivity index (χ2v) is 4.21. The molecule has 1 atom stereocenters. The molecule has 0 saturated carbocycles. The summed E-state index contributed by atoms with van der Waals surface area (Å²) in [6, 6.07) is 2.05. The molecule has 0 saturated heterocycles. The van der Waals surface area contributed by atoms with E-state index < -0.39 is 6.10 Å². The topological polar surface area (TPSA) is 50.5 Å². The summed E-state index contributed by atoms with van der Waals surface area (Å²) in [6.45, 7) is 3.72. The third-order valence-electron chi connectivity index (χ3n) is 2.41. The van der Waals surface area contributed by atoms with Crippen molar-refractivity contribution in [2.45, 2.75) is 19.6 Å². The Morgan fingerprint density at radius 1 is 1.62 bits per heavy atom. The number of aromatic nitrogens is 2. The number of methoxy groups -OCH3 is 1. The number of hydrogen-bond donors (Lipinski definition) is 1. The number of rotatable bonds is 6. The molecule has 0 bridgehead atoms. The maximum atomic E-state index is 9.58. The zero-order chi connectivity index (χ0) is 12.1. The second-order valence-electron chi connectivity index (χ2n) is 4.21. The monoisotopic (exact) mass is 227 g/mol. The lowest BCUT2D eigenvalue weighted by Crippen LogP contribution is -2.32. The van der Waals surface area contributed by atoms with E-state index in [2.05, 4.69) is 16.1 Å². The fraction of sp³-hybridized carbons (Fsp3) is 0.727. The maximum absolute atomic E-state index is 9.58. The zero-order valence-electron chi connectivity index (χ0n) is 10.5. The summed E-state index contributed by atoms with van der Waals surface area (Å²) in [5.74, 6) is 0. The Balaban J connectivity index is 2.45. The Morgan fingerprint density at radius 3 is 2.81 bits per heavy atom. The van der Waals surface area contributed by atoms with Crippen LogP contribution in [0.3, 0.4) is 0 Å². The summed E-state index contributed by atoms with van der Waals surface area (Å²) in [5.41, 5.74) is 2.16. The molecule has 1 unspecified atom stereocenters. The van der Waals surface area contributed by atoms with Crippen LogP contribution in [0.1, 0.15) is 11.4 Å². The number of aliphatic hydroxyl groups is 1. The molecule has 0 aliphatic carbocycles. The quantitative estimate of drug-likeness (QED) is 0.752. The average Bonchev–Trinajstić information content (AvgIpc) is 2.44. The standard InChI is InChI=1S/C11H21N3O2/c1-9-5-10(14(3)12-9)6-13(2)7-11(15)8-16-4/h5,11,15H,6-8H2,1-4H3. The summed E-state index contributed by atoms with van der Waals surface area (Å²) >= 11 is 0. The molecule has 1 aromatic rings. The van der Waals surface area contributed by atoms with Crippen molar-refractivity contribution in [1.29, 1.82) is 0 Å². The predicted octanol–water partition coefficient (Wildman–Crippen LogP) is 0.168. The smallest absolute Gasteiger partial charge is 0.0900 e. The second kappa shape index (κ2) is 5.98. The van der Waals surface area contributed by atoms with Crippen LogP contribution in [0.15, 0.2) is 6.07 Å². The van der Waals surface area contributed by atoms with Gasteiger partial charge in [-0.25, -0.2) is 0 Å². The predicted molar refractivity (Wildman–Crippen MR) is 62.2 cm³/mol. The molecule has 0 aliphatic rings. The van der Waals surface area contributed by atoms with E-state index >= 15 is 0 Å². The average molecular weight is 227 g/mol. The van der Waals surface area contributed by atoms with Gasteiger partial charge in [-0.15, -0.1) is 0 Å². The summed E-state index contributed by atoms with van der Waals surface area (Å²) in [5, 5.41) is 13.9. The highest BCUT2D eigenvalue weighted by Crippen LogP contribution is 2.05. The van der Waals surface area contributed by atoms with E-state index in [0.29, 0.717) is 13.2 Å². The SMILES string of the molecule is COCC(O)CN(C)Cc1cc(C)nn1C. The first kappa shape index (κ1) is 13.2. The van der Waals surface area contributed by atoms with Gasteiger partial charge in [0.1, 0.15) is 0 Å². The first-order valence-corrected chi connectivity index (χ1v) is 5.38. The minimum Gasteiger partial charge on any atom is -0.389 e. The van der Waals surface area contributed by atoms with Gasteiger partial charge >= 0.3 is 0 Å². The molecule has 1 rings (SSSR count). The lowest BCUT2D eigenvalue weighted by atomic mass is 10.3. The van der Waals surface area contributed by atoms with Crippen LogP contribution in [0.2, 0.25) is 0 Å². The van der Waals surface area contributed by atoms with E-state index in [0.717, 1.165) is 17.9 Å². The number of ether oxygens (including phenoxy) is 1. The number of likely N-dealkylation sites (N-methyl/N-ethyl adjacent to an activating group) is 1. The minimum atomic E-state index is -0.440. The van der Waals surface area contributed by atoms with Gasteiger partial charge in [0.25, 0.3) is 0 Å². The lowest BCUT2D eigenvalue weighted by Gasteiger charge is -2.19. The summed E-state index contributed by atoms with van der Waals surface area (Å²) in [6.07, 6.45) is -0.440. The van der Waals surface area contributed by atoms with Crippen molar-refractivity contribution in [3.05, 3.63) is 17.5 Å². The van der Waals surface area contributed by atoms with Gasteiger partial charge in [0, 0.05) is 27.2 Å². The van der Waals surface area contributed by atoms with Crippen LogP contribution in [-0.4, -0.2) is 53.2 Å². The van der Waals surface area contributed by atoms with Crippen LogP contribution in [0.5, 0.6) is 0 Å². The molecule has 5 heteroatoms. The number of aliphatic hydroxyl groups excluding tert-OH is 1. The Labute approximate surface area is 96.6 Å². The molecular formula is C11H21N3O2. The van der Waals surface area contributed by atoms with E-state index in [1.54, 1.807) is 7.11 Å². The Hall–Kier alpha value is -0.910. The van der Waals surface area contributed by atoms with Gasteiger partial charge in [0.05, 0.1) is 24.1 Å². The van der Waals surface area contributed by atoms with E-state index in [1.165, 1.54) is 0 Å². The molecule has 0 spiro atoms. The van der Waals surface area contributed by atoms with E-state index in [-0.39, 0.29) is 0 Å². The highest BCUT2D eigenvalue weighted by Gasteiger charge is 2.10. The van der Waals surface area contributed by atoms with Gasteiger partial charge in [0.15, 0.2) is 0 Å². The van der Waals surface area contributed by atoms with Crippen LogP contribution in [0.25, 0.3) is 0 Å². The molecule has 16 heavy (non-hydrogen) atoms. The van der Waals surface area contributed by atoms with Gasteiger partial charge in [-0.2, -0.15) is 5.10 Å². The molecule has 1 aromatic heterocycles. The van der Waals surface area contributed by atoms with Crippen LogP contribution >= 0.6 is 0 Å². The summed E-state index contributed by atoms with van der Waals surface area (Å²) in [7, 11) is 5.50. The summed E-state index contributed by atoms with van der Waals surface area (Å²) < 4.78 is 6.76. The summed E-state index contributed by atoms with van der Waals surface area (Å²) in [4.78, 5) is 2.06. The van der Waals surface area contributed by atoms with Gasteiger partial charge in [0.2, 0.25) is 0 Å². The molecule has 0 aromatic carbocycles. The molecular weight excluding hydrogens is 206 g/mol. The Kier molecular flexibility index (Phi) is 4.92. The highest BCUT2D eigenvalue weighted by molar-refractivity contribution is 5.08. The van der Waals surface area contributed by atoms with Crippen LogP contribution in [0, 0.1) is 6.92 Å². The molecule has 92 valence electrons. The minimum absolute atomic E-state index is 0.370. The molecule has 0 fully saturated rings. The van der Waals surface area contributed by atoms with Crippen molar-refractivity contribution in [2.24, 2.45) is 7.05 Å². The number of hydrogen-bond acceptors (Lipinski definition) is 4. The van der Waals surface area contributed by atoms with E-state index in [9.17, 15) is 5.11 Å². The van der Waals surface area contributed by atoms with Crippen LogP contribution in [-0.2, 0) is 18.3 Å². The van der Waals surface area contributed by atoms with Crippen molar-refractivity contribution in [1.82, 2.24) is 14.7 Å². The first-order valence-electron chi connectivity index (χ1n) is 5.38. The molecule has 0 amide bonds. The van der Waals surface area contributed by atoms with E-state index in [4.69, 9.17) is 4.74 Å². The number of aryl methyl sites for hydroxylation is 2. The van der Waals surface area contributed by atoms with Gasteiger partial charge in [-0.05, 0) is 20.0 Å². The Morgan fingerprint density at radius 2 is 2.31 bits per heavy atom. The molecule has 5 nitrogen and oxygen atoms in total. The molecule has 0 radical (unpaired) electrons. The van der Waals surface area contributed by atoms with Crippen LogP contribution in [0.4, 0.5) is 0 Å². The fourth-order valence-corrected chi connectivity index (χ4v) is 1.76. The molecule has 0 aliphatic heterocycles. The first-order chi connectivity index (χ1) is 7.52. The van der Waals surface area contributed by atoms with E-state index in [1.807, 2.05) is 25.7 Å². The third-order valence-corrected chi connectivity index (χ3v) is 2.41. The highest BCUT2D eigenvalue weighted by atomic mass is 16.5. The van der Waals surface area contributed by atoms with Crippen LogP contribution < -0.4 is 0 Å². The fourth-order valence-electron chi connectivity index (χ4n) is 1.76. The normalized spacial score (nSPS) is 13.4. The Bertz CT molecular complexity index is 325. The lowest BCUT2D eigenvalue weighted by molar-refractivity contribution is 0.0414. The van der Waals surface area contributed by atoms with Gasteiger partial charge in [-0.3, -0.25) is 9.58 Å². The molecule has 1 N–H and O–H groups in total. The molecule has 1 heterocycles. The van der Waals surface area contributed by atoms with Gasteiger partial charge in [-0.1, -0.05) is 0 Å². The largest absolute Gasteiger partial charge is 0.389 e. The van der Waals surface area contributed by atoms with Crippen molar-refractivity contribution < 1.29 is 9.84 Å². The zero-order valence-corrected chi connectivity index (χ0v) is 10.5.